The maximum atomic E-state index is 12.5. The maximum Gasteiger partial charge on any atom is 0.203 e. The van der Waals surface area contributed by atoms with E-state index in [0.29, 0.717) is 0 Å². The van der Waals surface area contributed by atoms with Gasteiger partial charge < -0.3 is 0 Å². The van der Waals surface area contributed by atoms with E-state index in [9.17, 15) is 4.79 Å². The highest BCUT2D eigenvalue weighted by atomic mass is 32.1. The standard InChI is InChI=1S/C16H18OS/c1-11-9-10-14(18-11)15(17)12-7-5-6-8-13(12)16(2,3)4/h5-10H,1-4H3. The molecule has 0 radical (unpaired) electrons. The van der Waals surface area contributed by atoms with Crippen molar-refractivity contribution in [2.24, 2.45) is 0 Å². The van der Waals surface area contributed by atoms with Gasteiger partial charge >= 0.3 is 0 Å². The van der Waals surface area contributed by atoms with Crippen LogP contribution in [0.5, 0.6) is 0 Å². The number of hydrogen-bond acceptors (Lipinski definition) is 2. The molecule has 0 N–H and O–H groups in total. The van der Waals surface area contributed by atoms with Crippen LogP contribution in [0.2, 0.25) is 0 Å². The second kappa shape index (κ2) is 4.69. The molecule has 2 aromatic rings. The lowest BCUT2D eigenvalue weighted by Gasteiger charge is -2.22. The normalized spacial score (nSPS) is 11.6. The summed E-state index contributed by atoms with van der Waals surface area (Å²) in [4.78, 5) is 14.5. The van der Waals surface area contributed by atoms with Crippen molar-refractivity contribution in [1.82, 2.24) is 0 Å². The second-order valence-corrected chi connectivity index (χ2v) is 6.82. The van der Waals surface area contributed by atoms with Gasteiger partial charge in [0, 0.05) is 10.4 Å². The monoisotopic (exact) mass is 258 g/mol. The number of aryl methyl sites for hydroxylation is 1. The van der Waals surface area contributed by atoms with Crippen LogP contribution in [-0.4, -0.2) is 5.78 Å². The first-order valence-electron chi connectivity index (χ1n) is 6.10. The molecule has 1 heterocycles. The summed E-state index contributed by atoms with van der Waals surface area (Å²) in [5.74, 6) is 0.138. The molecule has 0 aliphatic heterocycles. The zero-order valence-electron chi connectivity index (χ0n) is 11.3. The number of hydrogen-bond donors (Lipinski definition) is 0. The van der Waals surface area contributed by atoms with Crippen LogP contribution in [0.1, 0.15) is 46.4 Å². The first-order chi connectivity index (χ1) is 8.39. The molecule has 0 aliphatic rings. The summed E-state index contributed by atoms with van der Waals surface area (Å²) in [5.41, 5.74) is 1.92. The zero-order chi connectivity index (χ0) is 13.3. The Balaban J connectivity index is 2.49. The van der Waals surface area contributed by atoms with Crippen LogP contribution in [0.3, 0.4) is 0 Å². The van der Waals surface area contributed by atoms with Crippen molar-refractivity contribution in [3.63, 3.8) is 0 Å². The topological polar surface area (TPSA) is 17.1 Å². The van der Waals surface area contributed by atoms with Crippen molar-refractivity contribution in [3.8, 4) is 0 Å². The molecule has 0 bridgehead atoms. The summed E-state index contributed by atoms with van der Waals surface area (Å²) < 4.78 is 0. The summed E-state index contributed by atoms with van der Waals surface area (Å²) in [5, 5.41) is 0. The maximum absolute atomic E-state index is 12.5. The van der Waals surface area contributed by atoms with E-state index < -0.39 is 0 Å². The fourth-order valence-corrected chi connectivity index (χ4v) is 2.85. The predicted octanol–water partition coefficient (Wildman–Crippen LogP) is 4.59. The molecule has 0 fully saturated rings. The Morgan fingerprint density at radius 2 is 1.72 bits per heavy atom. The Kier molecular flexibility index (Phi) is 3.40. The summed E-state index contributed by atoms with van der Waals surface area (Å²) in [6, 6.07) is 11.8. The lowest BCUT2D eigenvalue weighted by molar-refractivity contribution is 0.104. The van der Waals surface area contributed by atoms with Crippen LogP contribution in [0.15, 0.2) is 36.4 Å². The summed E-state index contributed by atoms with van der Waals surface area (Å²) in [6.07, 6.45) is 0. The van der Waals surface area contributed by atoms with Gasteiger partial charge in [-0.05, 0) is 30.0 Å². The van der Waals surface area contributed by atoms with Crippen LogP contribution in [0.4, 0.5) is 0 Å². The molecule has 0 amide bonds. The molecule has 1 aromatic carbocycles. The van der Waals surface area contributed by atoms with Gasteiger partial charge in [0.2, 0.25) is 5.78 Å². The molecular weight excluding hydrogens is 240 g/mol. The van der Waals surface area contributed by atoms with Gasteiger partial charge in [-0.1, -0.05) is 45.0 Å². The average molecular weight is 258 g/mol. The molecule has 2 heteroatoms. The molecular formula is C16H18OS. The highest BCUT2D eigenvalue weighted by Crippen LogP contribution is 2.28. The Morgan fingerprint density at radius 3 is 2.28 bits per heavy atom. The van der Waals surface area contributed by atoms with E-state index in [1.54, 1.807) is 11.3 Å². The van der Waals surface area contributed by atoms with Crippen molar-refractivity contribution < 1.29 is 4.79 Å². The van der Waals surface area contributed by atoms with Gasteiger partial charge in [-0.15, -0.1) is 11.3 Å². The molecule has 1 nitrogen and oxygen atoms in total. The Labute approximate surface area is 112 Å². The lowest BCUT2D eigenvalue weighted by atomic mass is 9.82. The molecule has 0 saturated heterocycles. The van der Waals surface area contributed by atoms with E-state index >= 15 is 0 Å². The number of benzene rings is 1. The van der Waals surface area contributed by atoms with Gasteiger partial charge in [-0.2, -0.15) is 0 Å². The minimum atomic E-state index is -0.0153. The molecule has 94 valence electrons. The highest BCUT2D eigenvalue weighted by molar-refractivity contribution is 7.14. The second-order valence-electron chi connectivity index (χ2n) is 5.54. The molecule has 0 spiro atoms. The van der Waals surface area contributed by atoms with Crippen molar-refractivity contribution in [2.45, 2.75) is 33.1 Å². The van der Waals surface area contributed by atoms with E-state index in [1.807, 2.05) is 43.3 Å². The minimum absolute atomic E-state index is 0.0153. The largest absolute Gasteiger partial charge is 0.288 e. The van der Waals surface area contributed by atoms with Crippen molar-refractivity contribution >= 4 is 17.1 Å². The van der Waals surface area contributed by atoms with E-state index in [1.165, 1.54) is 4.88 Å². The van der Waals surface area contributed by atoms with Crippen molar-refractivity contribution in [3.05, 3.63) is 57.3 Å². The lowest BCUT2D eigenvalue weighted by Crippen LogP contribution is -2.16. The van der Waals surface area contributed by atoms with Crippen LogP contribution in [0, 0.1) is 6.92 Å². The molecule has 0 unspecified atom stereocenters. The van der Waals surface area contributed by atoms with Crippen LogP contribution in [-0.2, 0) is 5.41 Å². The SMILES string of the molecule is Cc1ccc(C(=O)c2ccccc2C(C)(C)C)s1. The van der Waals surface area contributed by atoms with Gasteiger partial charge in [-0.25, -0.2) is 0 Å². The van der Waals surface area contributed by atoms with E-state index in [-0.39, 0.29) is 11.2 Å². The van der Waals surface area contributed by atoms with E-state index in [0.717, 1.165) is 16.0 Å². The van der Waals surface area contributed by atoms with Crippen molar-refractivity contribution in [1.29, 1.82) is 0 Å². The third-order valence-corrected chi connectivity index (χ3v) is 3.94. The van der Waals surface area contributed by atoms with Crippen molar-refractivity contribution in [2.75, 3.05) is 0 Å². The van der Waals surface area contributed by atoms with Crippen LogP contribution in [0.25, 0.3) is 0 Å². The zero-order valence-corrected chi connectivity index (χ0v) is 12.1. The van der Waals surface area contributed by atoms with Crippen LogP contribution >= 0.6 is 11.3 Å². The molecule has 1 aromatic heterocycles. The summed E-state index contributed by atoms with van der Waals surface area (Å²) in [6.45, 7) is 8.44. The van der Waals surface area contributed by atoms with Gasteiger partial charge in [0.15, 0.2) is 0 Å². The van der Waals surface area contributed by atoms with E-state index in [2.05, 4.69) is 20.8 Å². The van der Waals surface area contributed by atoms with Gasteiger partial charge in [0.25, 0.3) is 0 Å². The van der Waals surface area contributed by atoms with Gasteiger partial charge in [0.1, 0.15) is 0 Å². The highest BCUT2D eigenvalue weighted by Gasteiger charge is 2.22. The van der Waals surface area contributed by atoms with E-state index in [4.69, 9.17) is 0 Å². The third kappa shape index (κ3) is 2.54. The minimum Gasteiger partial charge on any atom is -0.288 e. The number of ketones is 1. The Morgan fingerprint density at radius 1 is 1.06 bits per heavy atom. The quantitative estimate of drug-likeness (QED) is 0.720. The Bertz CT molecular complexity index is 573. The number of carbonyl (C=O) groups excluding carboxylic acids is 1. The fraction of sp³-hybridized carbons (Fsp3) is 0.312. The first kappa shape index (κ1) is 13.0. The molecule has 0 aliphatic carbocycles. The molecule has 0 atom stereocenters. The predicted molar refractivity (Wildman–Crippen MR) is 77.6 cm³/mol. The van der Waals surface area contributed by atoms with Gasteiger partial charge in [0.05, 0.1) is 4.88 Å². The van der Waals surface area contributed by atoms with Crippen LogP contribution < -0.4 is 0 Å². The number of carbonyl (C=O) groups is 1. The summed E-state index contributed by atoms with van der Waals surface area (Å²) in [7, 11) is 0. The molecule has 18 heavy (non-hydrogen) atoms. The number of rotatable bonds is 2. The first-order valence-corrected chi connectivity index (χ1v) is 6.92. The third-order valence-electron chi connectivity index (χ3n) is 2.94. The van der Waals surface area contributed by atoms with Gasteiger partial charge in [-0.3, -0.25) is 4.79 Å². The average Bonchev–Trinajstić information content (AvgIpc) is 2.74. The fourth-order valence-electron chi connectivity index (χ4n) is 2.02. The molecule has 0 saturated carbocycles. The Hall–Kier alpha value is -1.41. The summed E-state index contributed by atoms with van der Waals surface area (Å²) >= 11 is 1.56. The number of thiophene rings is 1. The molecule has 2 rings (SSSR count). The smallest absolute Gasteiger partial charge is 0.203 e.